The molecule has 0 bridgehead atoms. The van der Waals surface area contributed by atoms with Crippen LogP contribution < -0.4 is 16.6 Å². The Hall–Kier alpha value is -3.29. The van der Waals surface area contributed by atoms with Crippen LogP contribution >= 0.6 is 0 Å². The second-order valence-electron chi connectivity index (χ2n) is 5.14. The number of benzene rings is 1. The van der Waals surface area contributed by atoms with E-state index < -0.39 is 17.2 Å². The van der Waals surface area contributed by atoms with E-state index in [0.29, 0.717) is 18.7 Å². The molecule has 0 fully saturated rings. The molecule has 1 aromatic carbocycles. The average Bonchev–Trinajstić information content (AvgIpc) is 2.49. The van der Waals surface area contributed by atoms with Crippen LogP contribution in [0.2, 0.25) is 0 Å². The molecule has 1 amide bonds. The first-order chi connectivity index (χ1) is 11.4. The van der Waals surface area contributed by atoms with Crippen molar-refractivity contribution in [2.45, 2.75) is 13.3 Å². The largest absolute Gasteiger partial charge is 0.504 e. The van der Waals surface area contributed by atoms with E-state index in [1.807, 2.05) is 0 Å². The first kappa shape index (κ1) is 17.1. The van der Waals surface area contributed by atoms with E-state index in [2.05, 4.69) is 15.3 Å². The smallest absolute Gasteiger partial charge is 0.325 e. The van der Waals surface area contributed by atoms with Crippen molar-refractivity contribution in [3.05, 3.63) is 61.9 Å². The van der Waals surface area contributed by atoms with Crippen LogP contribution in [0.3, 0.4) is 0 Å². The highest BCUT2D eigenvalue weighted by atomic mass is 16.3. The number of carbonyl (C=O) groups excluding carboxylic acids is 1. The highest BCUT2D eigenvalue weighted by Crippen LogP contribution is 2.24. The topological polar surface area (TPSA) is 135 Å². The average molecular weight is 331 g/mol. The molecule has 2 aromatic rings. The maximum atomic E-state index is 11.7. The number of aryl methyl sites for hydroxylation is 1. The van der Waals surface area contributed by atoms with Crippen LogP contribution in [0, 0.1) is 6.92 Å². The van der Waals surface area contributed by atoms with Gasteiger partial charge in [0.2, 0.25) is 5.91 Å². The third-order valence-corrected chi connectivity index (χ3v) is 3.33. The van der Waals surface area contributed by atoms with E-state index in [-0.39, 0.29) is 17.1 Å². The molecule has 0 unspecified atom stereocenters. The van der Waals surface area contributed by atoms with Crippen molar-refractivity contribution in [1.82, 2.24) is 15.3 Å². The Kier molecular flexibility index (Phi) is 5.20. The number of nitrogens with one attached hydrogen (secondary N) is 3. The molecule has 0 aliphatic heterocycles. The van der Waals surface area contributed by atoms with Gasteiger partial charge in [-0.1, -0.05) is 6.07 Å². The van der Waals surface area contributed by atoms with Crippen molar-refractivity contribution >= 4 is 12.0 Å². The lowest BCUT2D eigenvalue weighted by Crippen LogP contribution is -2.26. The summed E-state index contributed by atoms with van der Waals surface area (Å²) in [7, 11) is 0. The Balaban J connectivity index is 1.93. The van der Waals surface area contributed by atoms with Crippen molar-refractivity contribution in [3.8, 4) is 11.5 Å². The van der Waals surface area contributed by atoms with Gasteiger partial charge in [-0.05, 0) is 37.1 Å². The number of H-pyrrole nitrogens is 2. The molecular weight excluding hydrogens is 314 g/mol. The molecule has 126 valence electrons. The number of rotatable bonds is 5. The van der Waals surface area contributed by atoms with Crippen molar-refractivity contribution in [2.75, 3.05) is 6.54 Å². The maximum Gasteiger partial charge on any atom is 0.325 e. The van der Waals surface area contributed by atoms with Crippen molar-refractivity contribution in [3.63, 3.8) is 0 Å². The highest BCUT2D eigenvalue weighted by Gasteiger charge is 2.04. The first-order valence-corrected chi connectivity index (χ1v) is 7.17. The molecule has 0 aliphatic carbocycles. The number of aromatic amines is 2. The Morgan fingerprint density at radius 2 is 1.96 bits per heavy atom. The van der Waals surface area contributed by atoms with Gasteiger partial charge in [-0.2, -0.15) is 0 Å². The summed E-state index contributed by atoms with van der Waals surface area (Å²) >= 11 is 0. The highest BCUT2D eigenvalue weighted by molar-refractivity contribution is 5.91. The number of hydrogen-bond acceptors (Lipinski definition) is 5. The molecule has 1 aromatic heterocycles. The van der Waals surface area contributed by atoms with E-state index in [0.717, 1.165) is 5.56 Å². The van der Waals surface area contributed by atoms with Crippen molar-refractivity contribution in [2.24, 2.45) is 0 Å². The van der Waals surface area contributed by atoms with Gasteiger partial charge in [0.05, 0.1) is 5.56 Å². The summed E-state index contributed by atoms with van der Waals surface area (Å²) < 4.78 is 0. The Morgan fingerprint density at radius 1 is 1.21 bits per heavy atom. The molecule has 0 saturated carbocycles. The standard InChI is InChI=1S/C16H17N3O5/c1-9-11(15(23)19-16(24)18-9)3-5-14(22)17-7-6-10-2-4-12(20)13(21)8-10/h2-5,8,20-21H,6-7H2,1H3,(H,17,22)(H2,18,19,23,24). The molecule has 0 spiro atoms. The zero-order chi connectivity index (χ0) is 17.7. The Morgan fingerprint density at radius 3 is 2.62 bits per heavy atom. The lowest BCUT2D eigenvalue weighted by molar-refractivity contribution is -0.116. The summed E-state index contributed by atoms with van der Waals surface area (Å²) in [6, 6.07) is 4.43. The predicted molar refractivity (Wildman–Crippen MR) is 87.9 cm³/mol. The first-order valence-electron chi connectivity index (χ1n) is 7.17. The van der Waals surface area contributed by atoms with Crippen molar-refractivity contribution in [1.29, 1.82) is 0 Å². The van der Waals surface area contributed by atoms with Crippen LogP contribution in [0.25, 0.3) is 6.08 Å². The summed E-state index contributed by atoms with van der Waals surface area (Å²) in [5, 5.41) is 21.2. The fourth-order valence-electron chi connectivity index (χ4n) is 2.08. The molecule has 1 heterocycles. The quantitative estimate of drug-likeness (QED) is 0.393. The summed E-state index contributed by atoms with van der Waals surface area (Å²) in [4.78, 5) is 39.0. The SMILES string of the molecule is Cc1[nH]c(=O)[nH]c(=O)c1C=CC(=O)NCCc1ccc(O)c(O)c1. The molecule has 0 radical (unpaired) electrons. The number of aromatic hydroxyl groups is 2. The number of phenolic OH excluding ortho intramolecular Hbond substituents is 2. The normalized spacial score (nSPS) is 10.9. The van der Waals surface area contributed by atoms with Crippen LogP contribution in [0.15, 0.2) is 33.9 Å². The Bertz CT molecular complexity index is 895. The number of hydrogen-bond donors (Lipinski definition) is 5. The van der Waals surface area contributed by atoms with Crippen LogP contribution in [-0.2, 0) is 11.2 Å². The zero-order valence-electron chi connectivity index (χ0n) is 12.9. The van der Waals surface area contributed by atoms with Crippen LogP contribution in [0.5, 0.6) is 11.5 Å². The van der Waals surface area contributed by atoms with E-state index in [1.165, 1.54) is 24.3 Å². The van der Waals surface area contributed by atoms with E-state index >= 15 is 0 Å². The van der Waals surface area contributed by atoms with Gasteiger partial charge >= 0.3 is 5.69 Å². The van der Waals surface area contributed by atoms with Crippen molar-refractivity contribution < 1.29 is 15.0 Å². The molecule has 0 atom stereocenters. The summed E-state index contributed by atoms with van der Waals surface area (Å²) in [5.41, 5.74) is 0.152. The van der Waals surface area contributed by atoms with Gasteiger partial charge in [0.1, 0.15) is 0 Å². The summed E-state index contributed by atoms with van der Waals surface area (Å²) in [6.45, 7) is 1.87. The minimum atomic E-state index is -0.601. The molecule has 8 nitrogen and oxygen atoms in total. The third kappa shape index (κ3) is 4.35. The van der Waals surface area contributed by atoms with Gasteiger partial charge in [-0.15, -0.1) is 0 Å². The molecule has 0 saturated heterocycles. The minimum absolute atomic E-state index is 0.202. The van der Waals surface area contributed by atoms with Crippen LogP contribution in [0.1, 0.15) is 16.8 Å². The summed E-state index contributed by atoms with van der Waals surface area (Å²) in [6.07, 6.45) is 2.99. The van der Waals surface area contributed by atoms with Gasteiger partial charge in [-0.3, -0.25) is 14.6 Å². The van der Waals surface area contributed by atoms with Gasteiger partial charge in [0.25, 0.3) is 5.56 Å². The zero-order valence-corrected chi connectivity index (χ0v) is 12.9. The summed E-state index contributed by atoms with van der Waals surface area (Å²) in [5.74, 6) is -0.818. The van der Waals surface area contributed by atoms with E-state index in [4.69, 9.17) is 0 Å². The second-order valence-corrected chi connectivity index (χ2v) is 5.14. The fraction of sp³-hybridized carbons (Fsp3) is 0.188. The van der Waals surface area contributed by atoms with E-state index in [9.17, 15) is 24.6 Å². The maximum absolute atomic E-state index is 11.7. The monoisotopic (exact) mass is 331 g/mol. The molecule has 24 heavy (non-hydrogen) atoms. The van der Waals surface area contributed by atoms with E-state index in [1.54, 1.807) is 13.0 Å². The molecule has 2 rings (SSSR count). The number of phenols is 2. The van der Waals surface area contributed by atoms with Gasteiger partial charge < -0.3 is 20.5 Å². The van der Waals surface area contributed by atoms with Gasteiger partial charge in [-0.25, -0.2) is 4.79 Å². The number of carbonyl (C=O) groups is 1. The predicted octanol–water partition coefficient (Wildman–Crippen LogP) is 0.155. The molecular formula is C16H17N3O5. The van der Waals surface area contributed by atoms with Gasteiger partial charge in [0.15, 0.2) is 11.5 Å². The minimum Gasteiger partial charge on any atom is -0.504 e. The second kappa shape index (κ2) is 7.32. The lowest BCUT2D eigenvalue weighted by Gasteiger charge is -2.04. The molecule has 8 heteroatoms. The lowest BCUT2D eigenvalue weighted by atomic mass is 10.1. The van der Waals surface area contributed by atoms with Crippen LogP contribution in [0.4, 0.5) is 0 Å². The van der Waals surface area contributed by atoms with Crippen LogP contribution in [-0.4, -0.2) is 32.6 Å². The fourth-order valence-corrected chi connectivity index (χ4v) is 2.08. The number of aromatic nitrogens is 2. The molecule has 0 aliphatic rings. The Labute approximate surface area is 136 Å². The number of amides is 1. The van der Waals surface area contributed by atoms with Gasteiger partial charge in [0, 0.05) is 18.3 Å². The third-order valence-electron chi connectivity index (χ3n) is 3.33. The molecule has 5 N–H and O–H groups in total.